The Labute approximate surface area is 129 Å². The van der Waals surface area contributed by atoms with Crippen molar-refractivity contribution >= 4 is 11.6 Å². The average molecular weight is 334 g/mol. The molecule has 2 bridgehead atoms. The molecule has 2 aliphatic rings. The molecule has 0 radical (unpaired) electrons. The van der Waals surface area contributed by atoms with Gasteiger partial charge in [0.05, 0.1) is 0 Å². The van der Waals surface area contributed by atoms with Gasteiger partial charge in [-0.05, 0) is 37.0 Å². The summed E-state index contributed by atoms with van der Waals surface area (Å²) in [6.45, 7) is 0. The molecule has 2 aliphatic carbocycles. The summed E-state index contributed by atoms with van der Waals surface area (Å²) in [5, 5.41) is 0. The second-order valence-electron chi connectivity index (χ2n) is 6.26. The molecule has 1 amide bonds. The van der Waals surface area contributed by atoms with Gasteiger partial charge in [0, 0.05) is 6.42 Å². The van der Waals surface area contributed by atoms with Crippen LogP contribution in [-0.2, 0) is 4.79 Å². The first-order valence-corrected chi connectivity index (χ1v) is 7.44. The number of amides is 1. The van der Waals surface area contributed by atoms with Gasteiger partial charge in [-0.2, -0.15) is 0 Å². The van der Waals surface area contributed by atoms with Crippen molar-refractivity contribution in [3.63, 3.8) is 0 Å². The van der Waals surface area contributed by atoms with Gasteiger partial charge in [-0.1, -0.05) is 6.42 Å². The fourth-order valence-corrected chi connectivity index (χ4v) is 3.76. The quantitative estimate of drug-likeness (QED) is 0.382. The lowest BCUT2D eigenvalue weighted by molar-refractivity contribution is -0.121. The normalized spacial score (nSPS) is 25.7. The summed E-state index contributed by atoms with van der Waals surface area (Å²) < 4.78 is 65.9. The van der Waals surface area contributed by atoms with E-state index in [2.05, 4.69) is 0 Å². The zero-order valence-corrected chi connectivity index (χ0v) is 12.1. The number of anilines is 1. The minimum atomic E-state index is -2.24. The van der Waals surface area contributed by atoms with Crippen molar-refractivity contribution in [2.75, 3.05) is 5.43 Å². The first-order chi connectivity index (χ1) is 10.9. The van der Waals surface area contributed by atoms with Crippen LogP contribution in [0.5, 0.6) is 0 Å². The van der Waals surface area contributed by atoms with E-state index in [1.54, 1.807) is 0 Å². The molecule has 2 fully saturated rings. The van der Waals surface area contributed by atoms with Crippen LogP contribution in [0.3, 0.4) is 0 Å². The third-order valence-electron chi connectivity index (χ3n) is 4.87. The number of hydrogen-bond acceptors (Lipinski definition) is 2. The van der Waals surface area contributed by atoms with Crippen molar-refractivity contribution in [3.05, 3.63) is 29.1 Å². The number of fused-ring (bicyclic) bond motifs is 2. The molecule has 3 rings (SSSR count). The molecule has 3 nitrogen and oxygen atoms in total. The molecule has 0 heterocycles. The highest BCUT2D eigenvalue weighted by atomic mass is 19.2. The van der Waals surface area contributed by atoms with Crippen molar-refractivity contribution in [1.82, 2.24) is 5.43 Å². The molecule has 23 heavy (non-hydrogen) atoms. The third kappa shape index (κ3) is 2.86. The number of nitrogens with one attached hydrogen (secondary N) is 2. The molecule has 8 heteroatoms. The number of benzene rings is 1. The fourth-order valence-electron chi connectivity index (χ4n) is 3.76. The van der Waals surface area contributed by atoms with E-state index in [0.717, 1.165) is 19.3 Å². The average Bonchev–Trinajstić information content (AvgIpc) is 3.13. The minimum Gasteiger partial charge on any atom is -0.293 e. The Morgan fingerprint density at radius 2 is 1.52 bits per heavy atom. The molecule has 1 aromatic rings. The van der Waals surface area contributed by atoms with Crippen molar-refractivity contribution < 1.29 is 26.7 Å². The molecule has 1 aromatic carbocycles. The highest BCUT2D eigenvalue weighted by Crippen LogP contribution is 2.49. The Bertz CT molecular complexity index is 622. The van der Waals surface area contributed by atoms with Gasteiger partial charge in [0.1, 0.15) is 5.69 Å². The highest BCUT2D eigenvalue weighted by Gasteiger charge is 2.40. The number of carbonyl (C=O) groups excluding carboxylic acids is 1. The van der Waals surface area contributed by atoms with Crippen LogP contribution in [0, 0.1) is 46.8 Å². The molecular formula is C15H15F5N2O. The van der Waals surface area contributed by atoms with Crippen molar-refractivity contribution in [1.29, 1.82) is 0 Å². The van der Waals surface area contributed by atoms with Crippen LogP contribution in [0.1, 0.15) is 32.1 Å². The maximum Gasteiger partial charge on any atom is 0.238 e. The summed E-state index contributed by atoms with van der Waals surface area (Å²) in [4.78, 5) is 11.8. The Balaban J connectivity index is 1.63. The molecule has 0 saturated heterocycles. The lowest BCUT2D eigenvalue weighted by Crippen LogP contribution is -2.33. The maximum absolute atomic E-state index is 13.4. The van der Waals surface area contributed by atoms with Gasteiger partial charge in [-0.15, -0.1) is 0 Å². The smallest absolute Gasteiger partial charge is 0.238 e. The van der Waals surface area contributed by atoms with Crippen LogP contribution in [0.2, 0.25) is 0 Å². The number of halogens is 5. The van der Waals surface area contributed by atoms with Crippen LogP contribution >= 0.6 is 0 Å². The van der Waals surface area contributed by atoms with Crippen LogP contribution < -0.4 is 10.9 Å². The zero-order valence-electron chi connectivity index (χ0n) is 12.1. The number of hydrazine groups is 1. The molecule has 0 aliphatic heterocycles. The van der Waals surface area contributed by atoms with Crippen LogP contribution in [-0.4, -0.2) is 5.91 Å². The Hall–Kier alpha value is -1.86. The van der Waals surface area contributed by atoms with E-state index in [1.165, 1.54) is 6.42 Å². The second kappa shape index (κ2) is 5.98. The first-order valence-electron chi connectivity index (χ1n) is 7.44. The standard InChI is InChI=1S/C15H15F5N2O/c16-10-11(17)13(19)15(14(20)12(10)18)22-21-9(23)5-8-4-6-1-2-7(8)3-6/h6-8,22H,1-5H2,(H,21,23)/t6-,7-,8+/m0/s1. The number of rotatable bonds is 4. The van der Waals surface area contributed by atoms with E-state index in [0.29, 0.717) is 11.8 Å². The van der Waals surface area contributed by atoms with E-state index in [-0.39, 0.29) is 12.3 Å². The monoisotopic (exact) mass is 334 g/mol. The van der Waals surface area contributed by atoms with Gasteiger partial charge in [0.2, 0.25) is 11.7 Å². The van der Waals surface area contributed by atoms with Crippen LogP contribution in [0.15, 0.2) is 0 Å². The summed E-state index contributed by atoms with van der Waals surface area (Å²) in [7, 11) is 0. The van der Waals surface area contributed by atoms with Gasteiger partial charge in [-0.25, -0.2) is 22.0 Å². The van der Waals surface area contributed by atoms with Gasteiger partial charge in [-0.3, -0.25) is 15.6 Å². The Morgan fingerprint density at radius 1 is 0.913 bits per heavy atom. The molecule has 0 unspecified atom stereocenters. The molecule has 3 atom stereocenters. The molecule has 0 aromatic heterocycles. The number of carbonyl (C=O) groups is 1. The lowest BCUT2D eigenvalue weighted by atomic mass is 9.86. The fraction of sp³-hybridized carbons (Fsp3) is 0.533. The summed E-state index contributed by atoms with van der Waals surface area (Å²) >= 11 is 0. The molecule has 2 N–H and O–H groups in total. The maximum atomic E-state index is 13.4. The zero-order chi connectivity index (χ0) is 16.7. The van der Waals surface area contributed by atoms with E-state index >= 15 is 0 Å². The van der Waals surface area contributed by atoms with Gasteiger partial charge < -0.3 is 0 Å². The van der Waals surface area contributed by atoms with Gasteiger partial charge in [0.15, 0.2) is 23.3 Å². The third-order valence-corrected chi connectivity index (χ3v) is 4.87. The van der Waals surface area contributed by atoms with Crippen molar-refractivity contribution in [2.45, 2.75) is 32.1 Å². The highest BCUT2D eigenvalue weighted by molar-refractivity contribution is 5.77. The van der Waals surface area contributed by atoms with Crippen molar-refractivity contribution in [3.8, 4) is 0 Å². The number of hydrogen-bond donors (Lipinski definition) is 2. The SMILES string of the molecule is O=C(C[C@H]1C[C@H]2CC[C@H]1C2)NNc1c(F)c(F)c(F)c(F)c1F. The van der Waals surface area contributed by atoms with E-state index in [4.69, 9.17) is 0 Å². The van der Waals surface area contributed by atoms with Gasteiger partial charge >= 0.3 is 0 Å². The summed E-state index contributed by atoms with van der Waals surface area (Å²) in [5.74, 6) is -9.58. The molecule has 2 saturated carbocycles. The predicted octanol–water partition coefficient (Wildman–Crippen LogP) is 3.65. The topological polar surface area (TPSA) is 41.1 Å². The van der Waals surface area contributed by atoms with E-state index < -0.39 is 40.7 Å². The summed E-state index contributed by atoms with van der Waals surface area (Å²) in [6.07, 6.45) is 4.46. The lowest BCUT2D eigenvalue weighted by Gasteiger charge is -2.21. The molecule has 126 valence electrons. The predicted molar refractivity (Wildman–Crippen MR) is 71.6 cm³/mol. The summed E-state index contributed by atoms with van der Waals surface area (Å²) in [6, 6.07) is 0. The van der Waals surface area contributed by atoms with Crippen LogP contribution in [0.4, 0.5) is 27.6 Å². The van der Waals surface area contributed by atoms with E-state index in [9.17, 15) is 26.7 Å². The van der Waals surface area contributed by atoms with Crippen LogP contribution in [0.25, 0.3) is 0 Å². The molecule has 0 spiro atoms. The Kier molecular flexibility index (Phi) is 4.16. The first kappa shape index (κ1) is 16.0. The molecular weight excluding hydrogens is 319 g/mol. The van der Waals surface area contributed by atoms with E-state index in [1.807, 2.05) is 10.9 Å². The second-order valence-corrected chi connectivity index (χ2v) is 6.26. The van der Waals surface area contributed by atoms with Gasteiger partial charge in [0.25, 0.3) is 0 Å². The van der Waals surface area contributed by atoms with Crippen molar-refractivity contribution in [2.24, 2.45) is 17.8 Å². The largest absolute Gasteiger partial charge is 0.293 e. The minimum absolute atomic E-state index is 0.170. The summed E-state index contributed by atoms with van der Waals surface area (Å²) in [5.41, 5.74) is 2.57. The Morgan fingerprint density at radius 3 is 2.04 bits per heavy atom.